The van der Waals surface area contributed by atoms with Gasteiger partial charge in [-0.3, -0.25) is 14.9 Å². The molecule has 9 heteroatoms. The number of benzene rings is 2. The van der Waals surface area contributed by atoms with E-state index in [4.69, 9.17) is 28.6 Å². The molecule has 0 atom stereocenters. The normalized spacial score (nSPS) is 13.6. The number of carbonyl (C=O) groups is 2. The number of halogens is 1. The van der Waals surface area contributed by atoms with Gasteiger partial charge in [0.1, 0.15) is 5.75 Å². The second-order valence-electron chi connectivity index (χ2n) is 7.98. The summed E-state index contributed by atoms with van der Waals surface area (Å²) in [6, 6.07) is 12.4. The third kappa shape index (κ3) is 6.82. The summed E-state index contributed by atoms with van der Waals surface area (Å²) in [5.74, 6) is 0.544. The Bertz CT molecular complexity index is 1010. The number of hydrogen-bond donors (Lipinski definition) is 2. The number of rotatable bonds is 6. The van der Waals surface area contributed by atoms with Gasteiger partial charge in [0.25, 0.3) is 5.91 Å². The zero-order valence-electron chi connectivity index (χ0n) is 19.1. The quantitative estimate of drug-likeness (QED) is 0.590. The van der Waals surface area contributed by atoms with Gasteiger partial charge >= 0.3 is 0 Å². The van der Waals surface area contributed by atoms with Gasteiger partial charge in [0.15, 0.2) is 5.11 Å². The van der Waals surface area contributed by atoms with Crippen LogP contribution in [-0.2, 0) is 4.79 Å². The van der Waals surface area contributed by atoms with E-state index in [1.807, 2.05) is 37.8 Å². The molecule has 2 N–H and O–H groups in total. The molecule has 33 heavy (non-hydrogen) atoms. The lowest BCUT2D eigenvalue weighted by atomic mass is 10.2. The van der Waals surface area contributed by atoms with E-state index in [0.717, 1.165) is 5.69 Å². The molecule has 0 saturated carbocycles. The maximum absolute atomic E-state index is 12.6. The first-order valence-corrected chi connectivity index (χ1v) is 11.8. The maximum atomic E-state index is 12.6. The van der Waals surface area contributed by atoms with Gasteiger partial charge in [-0.15, -0.1) is 0 Å². The predicted molar refractivity (Wildman–Crippen MR) is 136 cm³/mol. The molecule has 176 valence electrons. The summed E-state index contributed by atoms with van der Waals surface area (Å²) >= 11 is 11.6. The predicted octanol–water partition coefficient (Wildman–Crippen LogP) is 4.31. The SMILES string of the molecule is CCC(=O)N1CCN(c2ccc(Cl)cc2NC(=S)NC(=O)c2ccc(OC(C)C)cc2)CC1. The van der Waals surface area contributed by atoms with E-state index in [9.17, 15) is 9.59 Å². The fourth-order valence-electron chi connectivity index (χ4n) is 3.59. The highest BCUT2D eigenvalue weighted by molar-refractivity contribution is 7.80. The summed E-state index contributed by atoms with van der Waals surface area (Å²) < 4.78 is 5.61. The molecule has 0 unspecified atom stereocenters. The van der Waals surface area contributed by atoms with Crippen LogP contribution < -0.4 is 20.3 Å². The maximum Gasteiger partial charge on any atom is 0.257 e. The van der Waals surface area contributed by atoms with Gasteiger partial charge in [0.2, 0.25) is 5.91 Å². The number of ether oxygens (including phenoxy) is 1. The van der Waals surface area contributed by atoms with E-state index in [-0.39, 0.29) is 23.0 Å². The second-order valence-corrected chi connectivity index (χ2v) is 8.83. The molecular formula is C24H29ClN4O3S. The average molecular weight is 489 g/mol. The smallest absolute Gasteiger partial charge is 0.257 e. The standard InChI is InChI=1S/C24H29ClN4O3S/c1-4-22(30)29-13-11-28(12-14-29)21-10-7-18(25)15-20(21)26-24(33)27-23(31)17-5-8-19(9-6-17)32-16(2)3/h5-10,15-16H,4,11-14H2,1-3H3,(H2,26,27,31,33). The van der Waals surface area contributed by atoms with Crippen LogP contribution in [0.2, 0.25) is 5.02 Å². The number of piperazine rings is 1. The monoisotopic (exact) mass is 488 g/mol. The van der Waals surface area contributed by atoms with Gasteiger partial charge in [-0.05, 0) is 68.5 Å². The Morgan fingerprint density at radius 2 is 1.76 bits per heavy atom. The van der Waals surface area contributed by atoms with Crippen molar-refractivity contribution in [3.05, 3.63) is 53.1 Å². The lowest BCUT2D eigenvalue weighted by molar-refractivity contribution is -0.131. The molecule has 0 bridgehead atoms. The van der Waals surface area contributed by atoms with Gasteiger partial charge in [0.05, 0.1) is 17.5 Å². The number of thiocarbonyl (C=S) groups is 1. The zero-order chi connectivity index (χ0) is 24.0. The molecule has 1 heterocycles. The van der Waals surface area contributed by atoms with Crippen LogP contribution in [0, 0.1) is 0 Å². The van der Waals surface area contributed by atoms with Gasteiger partial charge in [0, 0.05) is 43.2 Å². The molecular weight excluding hydrogens is 460 g/mol. The summed E-state index contributed by atoms with van der Waals surface area (Å²) in [5, 5.41) is 6.53. The van der Waals surface area contributed by atoms with Crippen molar-refractivity contribution in [2.24, 2.45) is 0 Å². The van der Waals surface area contributed by atoms with E-state index in [2.05, 4.69) is 15.5 Å². The minimum absolute atomic E-state index is 0.0588. The van der Waals surface area contributed by atoms with E-state index in [0.29, 0.717) is 54.6 Å². The number of hydrogen-bond acceptors (Lipinski definition) is 5. The van der Waals surface area contributed by atoms with Crippen molar-refractivity contribution in [3.8, 4) is 5.75 Å². The Labute approximate surface area is 205 Å². The fraction of sp³-hybridized carbons (Fsp3) is 0.375. The first kappa shape index (κ1) is 24.8. The molecule has 0 aliphatic carbocycles. The summed E-state index contributed by atoms with van der Waals surface area (Å²) in [7, 11) is 0. The summed E-state index contributed by atoms with van der Waals surface area (Å²) in [6.07, 6.45) is 0.568. The summed E-state index contributed by atoms with van der Waals surface area (Å²) in [5.41, 5.74) is 2.08. The summed E-state index contributed by atoms with van der Waals surface area (Å²) in [4.78, 5) is 28.6. The lowest BCUT2D eigenvalue weighted by Crippen LogP contribution is -2.48. The van der Waals surface area contributed by atoms with Gasteiger partial charge in [-0.1, -0.05) is 18.5 Å². The fourth-order valence-corrected chi connectivity index (χ4v) is 3.97. The van der Waals surface area contributed by atoms with Crippen molar-refractivity contribution >= 4 is 52.1 Å². The topological polar surface area (TPSA) is 73.9 Å². The van der Waals surface area contributed by atoms with Crippen molar-refractivity contribution in [1.29, 1.82) is 0 Å². The van der Waals surface area contributed by atoms with Crippen molar-refractivity contribution in [2.75, 3.05) is 36.4 Å². The molecule has 0 aromatic heterocycles. The Morgan fingerprint density at radius 3 is 2.36 bits per heavy atom. The van der Waals surface area contributed by atoms with Crippen LogP contribution in [0.4, 0.5) is 11.4 Å². The number of anilines is 2. The second kappa shape index (κ2) is 11.3. The van der Waals surface area contributed by atoms with Crippen LogP contribution in [-0.4, -0.2) is 54.1 Å². The van der Waals surface area contributed by atoms with Crippen molar-refractivity contribution < 1.29 is 14.3 Å². The van der Waals surface area contributed by atoms with Crippen LogP contribution in [0.25, 0.3) is 0 Å². The van der Waals surface area contributed by atoms with E-state index >= 15 is 0 Å². The molecule has 2 aromatic carbocycles. The summed E-state index contributed by atoms with van der Waals surface area (Å²) in [6.45, 7) is 8.48. The third-order valence-electron chi connectivity index (χ3n) is 5.20. The number of amides is 2. The average Bonchev–Trinajstić information content (AvgIpc) is 2.79. The van der Waals surface area contributed by atoms with Gasteiger partial charge in [-0.2, -0.15) is 0 Å². The van der Waals surface area contributed by atoms with Crippen LogP contribution in [0.5, 0.6) is 5.75 Å². The minimum Gasteiger partial charge on any atom is -0.491 e. The first-order chi connectivity index (χ1) is 15.8. The number of carbonyl (C=O) groups excluding carboxylic acids is 2. The zero-order valence-corrected chi connectivity index (χ0v) is 20.6. The van der Waals surface area contributed by atoms with E-state index in [1.165, 1.54) is 0 Å². The largest absolute Gasteiger partial charge is 0.491 e. The first-order valence-electron chi connectivity index (χ1n) is 11.0. The minimum atomic E-state index is -0.320. The third-order valence-corrected chi connectivity index (χ3v) is 5.64. The highest BCUT2D eigenvalue weighted by atomic mass is 35.5. The molecule has 1 fully saturated rings. The number of nitrogens with zero attached hydrogens (tertiary/aromatic N) is 2. The lowest BCUT2D eigenvalue weighted by Gasteiger charge is -2.37. The van der Waals surface area contributed by atoms with Crippen LogP contribution in [0.3, 0.4) is 0 Å². The Hall–Kier alpha value is -2.84. The van der Waals surface area contributed by atoms with Crippen LogP contribution in [0.15, 0.2) is 42.5 Å². The van der Waals surface area contributed by atoms with Crippen molar-refractivity contribution in [2.45, 2.75) is 33.3 Å². The molecule has 2 amide bonds. The highest BCUT2D eigenvalue weighted by Gasteiger charge is 2.22. The van der Waals surface area contributed by atoms with Crippen LogP contribution in [0.1, 0.15) is 37.6 Å². The van der Waals surface area contributed by atoms with Gasteiger partial charge in [-0.25, -0.2) is 0 Å². The molecule has 3 rings (SSSR count). The molecule has 1 aliphatic rings. The molecule has 2 aromatic rings. The Balaban J connectivity index is 1.64. The molecule has 1 aliphatic heterocycles. The molecule has 1 saturated heterocycles. The van der Waals surface area contributed by atoms with E-state index in [1.54, 1.807) is 30.3 Å². The van der Waals surface area contributed by atoms with Gasteiger partial charge < -0.3 is 19.9 Å². The molecule has 0 spiro atoms. The van der Waals surface area contributed by atoms with E-state index < -0.39 is 0 Å². The molecule has 0 radical (unpaired) electrons. The number of nitrogens with one attached hydrogen (secondary N) is 2. The highest BCUT2D eigenvalue weighted by Crippen LogP contribution is 2.30. The Morgan fingerprint density at radius 1 is 1.09 bits per heavy atom. The van der Waals surface area contributed by atoms with Crippen molar-refractivity contribution in [1.82, 2.24) is 10.2 Å². The van der Waals surface area contributed by atoms with Crippen molar-refractivity contribution in [3.63, 3.8) is 0 Å². The molecule has 7 nitrogen and oxygen atoms in total. The van der Waals surface area contributed by atoms with Crippen LogP contribution >= 0.6 is 23.8 Å². The Kier molecular flexibility index (Phi) is 8.52.